The van der Waals surface area contributed by atoms with Gasteiger partial charge in [-0.1, -0.05) is 41.5 Å². The standard InChI is InChI=1S/C39H44N8O3.C11H20O2.C2H6/c1-3-36(49)34-9-8-32(18-29(34)25-48)47-23-33(24-47)45-15-13-44(14-16-45)31-6-4-30(5-7-31)43-37-19-28-22-46(12-10-27(28)20-41-37)35-21-42-39-38(26(35)2)40-11-17-50-39;1-5-8(2)11(13)7-6-9(3)10(4)12;1-2/h4-9,18-21,25,33,40H,3,10-17,22-24H2,1-2H3,(H,41,43);8-9H,5-7H2,1-4H3;1-2H3. The van der Waals surface area contributed by atoms with Gasteiger partial charge in [-0.2, -0.15) is 0 Å². The van der Waals surface area contributed by atoms with Crippen LogP contribution in [0.5, 0.6) is 5.88 Å². The third-order valence-corrected chi connectivity index (χ3v) is 13.4. The molecule has 13 heteroatoms. The summed E-state index contributed by atoms with van der Waals surface area (Å²) in [6, 6.07) is 17.0. The Kier molecular flexibility index (Phi) is 17.1. The third kappa shape index (κ3) is 11.9. The van der Waals surface area contributed by atoms with E-state index in [0.717, 1.165) is 107 Å². The highest BCUT2D eigenvalue weighted by molar-refractivity contribution is 6.03. The van der Waals surface area contributed by atoms with Gasteiger partial charge in [-0.05, 0) is 92.8 Å². The van der Waals surface area contributed by atoms with Crippen LogP contribution in [-0.4, -0.2) is 104 Å². The van der Waals surface area contributed by atoms with Crippen LogP contribution >= 0.6 is 0 Å². The summed E-state index contributed by atoms with van der Waals surface area (Å²) < 4.78 is 5.74. The van der Waals surface area contributed by atoms with Crippen LogP contribution in [0.1, 0.15) is 112 Å². The quantitative estimate of drug-likeness (QED) is 0.0868. The first-order valence-electron chi connectivity index (χ1n) is 23.8. The van der Waals surface area contributed by atoms with E-state index in [0.29, 0.717) is 48.9 Å². The maximum Gasteiger partial charge on any atom is 0.237 e. The molecule has 0 bridgehead atoms. The van der Waals surface area contributed by atoms with Crippen molar-refractivity contribution in [1.82, 2.24) is 14.9 Å². The van der Waals surface area contributed by atoms with Crippen molar-refractivity contribution >= 4 is 57.9 Å². The molecule has 6 heterocycles. The van der Waals surface area contributed by atoms with Crippen molar-refractivity contribution in [1.29, 1.82) is 0 Å². The molecule has 2 unspecified atom stereocenters. The Balaban J connectivity index is 0.000000405. The number of hydrogen-bond donors (Lipinski definition) is 2. The summed E-state index contributed by atoms with van der Waals surface area (Å²) in [4.78, 5) is 65.1. The van der Waals surface area contributed by atoms with Crippen molar-refractivity contribution < 1.29 is 23.9 Å². The fraction of sp³-hybridized carbons (Fsp3) is 0.500. The number of carbonyl (C=O) groups excluding carboxylic acids is 4. The molecule has 0 saturated carbocycles. The Bertz CT molecular complexity index is 2270. The lowest BCUT2D eigenvalue weighted by Crippen LogP contribution is -2.63. The fourth-order valence-electron chi connectivity index (χ4n) is 8.71. The maximum absolute atomic E-state index is 12.2. The Morgan fingerprint density at radius 1 is 0.877 bits per heavy atom. The van der Waals surface area contributed by atoms with Gasteiger partial charge in [-0.25, -0.2) is 9.97 Å². The molecule has 4 aliphatic rings. The van der Waals surface area contributed by atoms with Gasteiger partial charge in [0.25, 0.3) is 0 Å². The summed E-state index contributed by atoms with van der Waals surface area (Å²) >= 11 is 0. The van der Waals surface area contributed by atoms with Crippen molar-refractivity contribution in [3.05, 3.63) is 88.7 Å². The highest BCUT2D eigenvalue weighted by atomic mass is 16.5. The normalized spacial score (nSPS) is 16.6. The summed E-state index contributed by atoms with van der Waals surface area (Å²) in [6.07, 6.45) is 8.26. The van der Waals surface area contributed by atoms with E-state index in [-0.39, 0.29) is 29.2 Å². The van der Waals surface area contributed by atoms with Gasteiger partial charge in [-0.3, -0.25) is 24.1 Å². The number of carbonyl (C=O) groups is 4. The minimum Gasteiger partial charge on any atom is -0.474 e. The Hall–Kier alpha value is -5.82. The topological polar surface area (TPSA) is 140 Å². The number of pyridine rings is 2. The smallest absolute Gasteiger partial charge is 0.237 e. The number of Topliss-reactive ketones (excluding diaryl/α,β-unsaturated/α-hetero) is 3. The molecular formula is C52H70N8O5. The minimum absolute atomic E-state index is 0.00660. The monoisotopic (exact) mass is 887 g/mol. The number of rotatable bonds is 15. The second kappa shape index (κ2) is 22.9. The number of ether oxygens (including phenoxy) is 1. The van der Waals surface area contributed by atoms with Crippen LogP contribution in [-0.2, 0) is 22.6 Å². The van der Waals surface area contributed by atoms with Crippen LogP contribution in [0.4, 0.5) is 34.3 Å². The first-order valence-corrected chi connectivity index (χ1v) is 23.8. The van der Waals surface area contributed by atoms with Crippen molar-refractivity contribution in [2.75, 3.05) is 84.3 Å². The number of ketones is 3. The van der Waals surface area contributed by atoms with Gasteiger partial charge in [0.2, 0.25) is 5.88 Å². The van der Waals surface area contributed by atoms with Crippen LogP contribution < -0.4 is 30.1 Å². The zero-order chi connectivity index (χ0) is 46.6. The average Bonchev–Trinajstić information content (AvgIpc) is 3.33. The highest BCUT2D eigenvalue weighted by Crippen LogP contribution is 2.37. The molecule has 4 aliphatic heterocycles. The molecule has 2 fully saturated rings. The van der Waals surface area contributed by atoms with Crippen molar-refractivity contribution in [2.45, 2.75) is 100 Å². The molecule has 348 valence electrons. The van der Waals surface area contributed by atoms with Crippen LogP contribution in [0.15, 0.2) is 60.9 Å². The number of nitrogens with zero attached hydrogens (tertiary/aromatic N) is 6. The molecule has 0 spiro atoms. The molecule has 2 N–H and O–H groups in total. The Labute approximate surface area is 386 Å². The van der Waals surface area contributed by atoms with Crippen LogP contribution in [0, 0.1) is 18.8 Å². The number of hydrogen-bond acceptors (Lipinski definition) is 13. The van der Waals surface area contributed by atoms with E-state index in [9.17, 15) is 19.2 Å². The van der Waals surface area contributed by atoms with E-state index in [1.54, 1.807) is 13.0 Å². The van der Waals surface area contributed by atoms with Crippen molar-refractivity contribution in [3.8, 4) is 5.88 Å². The highest BCUT2D eigenvalue weighted by Gasteiger charge is 2.34. The van der Waals surface area contributed by atoms with E-state index in [4.69, 9.17) is 9.72 Å². The zero-order valence-electron chi connectivity index (χ0n) is 39.9. The molecule has 8 rings (SSSR count). The predicted octanol–water partition coefficient (Wildman–Crippen LogP) is 8.94. The fourth-order valence-corrected chi connectivity index (χ4v) is 8.71. The summed E-state index contributed by atoms with van der Waals surface area (Å²) in [5.74, 6) is 2.21. The molecule has 65 heavy (non-hydrogen) atoms. The second-order valence-electron chi connectivity index (χ2n) is 17.5. The van der Waals surface area contributed by atoms with Gasteiger partial charge < -0.3 is 30.1 Å². The molecular weight excluding hydrogens is 817 g/mol. The van der Waals surface area contributed by atoms with Crippen LogP contribution in [0.3, 0.4) is 0 Å². The number of benzene rings is 2. The molecule has 2 saturated heterocycles. The Morgan fingerprint density at radius 2 is 1.60 bits per heavy atom. The SMILES string of the molecule is CC.CCC(=O)c1ccc(N2CC(N3CCN(c4ccc(Nc5cc6c(cn5)CCN(c5cnc7c(c5C)NCCO7)C6)cc4)CC3)C2)cc1C=O.CCC(C)C(=O)CCC(C)C(C)=O. The lowest BCUT2D eigenvalue weighted by molar-refractivity contribution is -0.123. The van der Waals surface area contributed by atoms with Gasteiger partial charge >= 0.3 is 0 Å². The van der Waals surface area contributed by atoms with Crippen LogP contribution in [0.25, 0.3) is 0 Å². The summed E-state index contributed by atoms with van der Waals surface area (Å²) in [7, 11) is 0. The van der Waals surface area contributed by atoms with Gasteiger partial charge in [-0.15, -0.1) is 0 Å². The molecule has 4 aromatic rings. The number of aldehydes is 1. The molecule has 2 aromatic heterocycles. The van der Waals surface area contributed by atoms with Crippen LogP contribution in [0.2, 0.25) is 0 Å². The number of anilines is 6. The van der Waals surface area contributed by atoms with Gasteiger partial charge in [0.05, 0.1) is 11.9 Å². The molecule has 0 radical (unpaired) electrons. The largest absolute Gasteiger partial charge is 0.474 e. The second-order valence-corrected chi connectivity index (χ2v) is 17.5. The lowest BCUT2D eigenvalue weighted by atomic mass is 9.94. The molecule has 0 aliphatic carbocycles. The van der Waals surface area contributed by atoms with Crippen molar-refractivity contribution in [2.24, 2.45) is 11.8 Å². The first-order chi connectivity index (χ1) is 31.5. The van der Waals surface area contributed by atoms with E-state index in [1.807, 2.05) is 66.1 Å². The lowest BCUT2D eigenvalue weighted by Gasteiger charge is -2.49. The molecule has 0 amide bonds. The zero-order valence-corrected chi connectivity index (χ0v) is 39.9. The van der Waals surface area contributed by atoms with Crippen molar-refractivity contribution in [3.63, 3.8) is 0 Å². The average molecular weight is 887 g/mol. The number of piperazine rings is 1. The predicted molar refractivity (Wildman–Crippen MR) is 263 cm³/mol. The summed E-state index contributed by atoms with van der Waals surface area (Å²) in [5.41, 5.74) is 10.2. The molecule has 2 atom stereocenters. The summed E-state index contributed by atoms with van der Waals surface area (Å²) in [5, 5.41) is 6.99. The molecule has 13 nitrogen and oxygen atoms in total. The Morgan fingerprint density at radius 3 is 2.28 bits per heavy atom. The van der Waals surface area contributed by atoms with E-state index < -0.39 is 0 Å². The van der Waals surface area contributed by atoms with E-state index in [1.165, 1.54) is 22.4 Å². The van der Waals surface area contributed by atoms with E-state index in [2.05, 4.69) is 72.5 Å². The van der Waals surface area contributed by atoms with Gasteiger partial charge in [0.15, 0.2) is 12.1 Å². The number of aromatic nitrogens is 2. The van der Waals surface area contributed by atoms with Gasteiger partial charge in [0, 0.05) is 130 Å². The maximum atomic E-state index is 12.2. The summed E-state index contributed by atoms with van der Waals surface area (Å²) in [6.45, 7) is 24.5. The van der Waals surface area contributed by atoms with Gasteiger partial charge in [0.1, 0.15) is 29.7 Å². The number of nitrogens with one attached hydrogen (secondary N) is 2. The van der Waals surface area contributed by atoms with E-state index >= 15 is 0 Å². The first kappa shape index (κ1) is 48.6. The molecule has 2 aromatic carbocycles. The minimum atomic E-state index is 0.00660. The third-order valence-electron chi connectivity index (χ3n) is 13.4. The number of fused-ring (bicyclic) bond motifs is 2.